The number of amides is 1. The van der Waals surface area contributed by atoms with Gasteiger partial charge in [-0.25, -0.2) is 0 Å². The molecule has 1 N–H and O–H groups in total. The maximum absolute atomic E-state index is 12.4. The molecule has 1 aromatic rings. The number of piperidine rings is 1. The number of nitrogens with zero attached hydrogens (tertiary/aromatic N) is 1. The van der Waals surface area contributed by atoms with Crippen molar-refractivity contribution in [2.45, 2.75) is 12.8 Å². The fraction of sp³-hybridized carbons (Fsp3) is 0.500. The molecule has 1 atom stereocenters. The fourth-order valence-electron chi connectivity index (χ4n) is 3.16. The van der Waals surface area contributed by atoms with Gasteiger partial charge in [-0.05, 0) is 56.1 Å². The number of carbonyl (C=O) groups is 1. The van der Waals surface area contributed by atoms with Gasteiger partial charge < -0.3 is 19.7 Å². The highest BCUT2D eigenvalue weighted by atomic mass is 16.6. The topological polar surface area (TPSA) is 50.8 Å². The summed E-state index contributed by atoms with van der Waals surface area (Å²) in [5.41, 5.74) is 0.950. The van der Waals surface area contributed by atoms with Crippen molar-refractivity contribution in [2.75, 3.05) is 39.9 Å². The minimum absolute atomic E-state index is 0.0840. The Kier molecular flexibility index (Phi) is 5.18. The predicted molar refractivity (Wildman–Crippen MR) is 89.7 cm³/mol. The van der Waals surface area contributed by atoms with Gasteiger partial charge in [0.15, 0.2) is 11.5 Å². The van der Waals surface area contributed by atoms with Crippen LogP contribution in [0.25, 0.3) is 6.08 Å². The molecule has 2 heterocycles. The van der Waals surface area contributed by atoms with E-state index in [1.165, 1.54) is 6.42 Å². The lowest BCUT2D eigenvalue weighted by atomic mass is 9.98. The molecule has 23 heavy (non-hydrogen) atoms. The Hall–Kier alpha value is -2.01. The van der Waals surface area contributed by atoms with Gasteiger partial charge in [0.25, 0.3) is 0 Å². The van der Waals surface area contributed by atoms with Gasteiger partial charge >= 0.3 is 0 Å². The van der Waals surface area contributed by atoms with E-state index in [1.54, 1.807) is 6.08 Å². The van der Waals surface area contributed by atoms with E-state index in [2.05, 4.69) is 5.32 Å². The van der Waals surface area contributed by atoms with Crippen molar-refractivity contribution in [3.05, 3.63) is 29.8 Å². The number of hydrogen-bond donors (Lipinski definition) is 1. The summed E-state index contributed by atoms with van der Waals surface area (Å²) < 4.78 is 11.1. The third-order valence-corrected chi connectivity index (χ3v) is 4.31. The van der Waals surface area contributed by atoms with Crippen LogP contribution in [0.3, 0.4) is 0 Å². The summed E-state index contributed by atoms with van der Waals surface area (Å²) in [4.78, 5) is 14.3. The number of hydrogen-bond acceptors (Lipinski definition) is 4. The van der Waals surface area contributed by atoms with Crippen molar-refractivity contribution < 1.29 is 14.3 Å². The lowest BCUT2D eigenvalue weighted by molar-refractivity contribution is -0.127. The van der Waals surface area contributed by atoms with Crippen LogP contribution >= 0.6 is 0 Å². The van der Waals surface area contributed by atoms with Gasteiger partial charge in [0.1, 0.15) is 13.2 Å². The van der Waals surface area contributed by atoms with Crippen molar-refractivity contribution in [1.29, 1.82) is 0 Å². The zero-order valence-electron chi connectivity index (χ0n) is 13.6. The first kappa shape index (κ1) is 15.9. The smallest absolute Gasteiger partial charge is 0.246 e. The molecule has 1 aromatic carbocycles. The molecule has 2 aliphatic heterocycles. The van der Waals surface area contributed by atoms with Crippen LogP contribution in [0.5, 0.6) is 11.5 Å². The number of carbonyl (C=O) groups excluding carboxylic acids is 1. The molecule has 1 saturated heterocycles. The predicted octanol–water partition coefficient (Wildman–Crippen LogP) is 1.93. The molecular formula is C18H24N2O3. The molecule has 5 heteroatoms. The van der Waals surface area contributed by atoms with Gasteiger partial charge in [-0.1, -0.05) is 6.07 Å². The average molecular weight is 316 g/mol. The van der Waals surface area contributed by atoms with Crippen LogP contribution in [-0.4, -0.2) is 50.7 Å². The third kappa shape index (κ3) is 4.05. The Balaban J connectivity index is 1.61. The lowest BCUT2D eigenvalue weighted by Gasteiger charge is -2.32. The molecule has 1 amide bonds. The maximum Gasteiger partial charge on any atom is 0.246 e. The largest absolute Gasteiger partial charge is 0.486 e. The average Bonchev–Trinajstić information content (AvgIpc) is 2.60. The molecule has 2 aliphatic rings. The first-order chi connectivity index (χ1) is 11.3. The van der Waals surface area contributed by atoms with Crippen molar-refractivity contribution in [1.82, 2.24) is 10.2 Å². The third-order valence-electron chi connectivity index (χ3n) is 4.31. The molecule has 3 rings (SSSR count). The Bertz CT molecular complexity index is 584. The van der Waals surface area contributed by atoms with Crippen LogP contribution in [0.15, 0.2) is 24.3 Å². The van der Waals surface area contributed by atoms with Gasteiger partial charge in [-0.2, -0.15) is 0 Å². The molecule has 0 radical (unpaired) electrons. The van der Waals surface area contributed by atoms with Crippen LogP contribution in [0, 0.1) is 5.92 Å². The summed E-state index contributed by atoms with van der Waals surface area (Å²) in [5, 5.41) is 3.20. The molecule has 0 spiro atoms. The molecule has 0 aliphatic carbocycles. The van der Waals surface area contributed by atoms with E-state index in [9.17, 15) is 4.79 Å². The van der Waals surface area contributed by atoms with Crippen LogP contribution in [0.2, 0.25) is 0 Å². The summed E-state index contributed by atoms with van der Waals surface area (Å²) in [7, 11) is 1.96. The number of nitrogens with one attached hydrogen (secondary N) is 1. The zero-order chi connectivity index (χ0) is 16.1. The minimum Gasteiger partial charge on any atom is -0.486 e. The van der Waals surface area contributed by atoms with Gasteiger partial charge in [0, 0.05) is 19.2 Å². The van der Waals surface area contributed by atoms with Gasteiger partial charge in [-0.3, -0.25) is 4.79 Å². The molecule has 0 saturated carbocycles. The molecular weight excluding hydrogens is 292 g/mol. The van der Waals surface area contributed by atoms with Crippen LogP contribution in [0.1, 0.15) is 18.4 Å². The van der Waals surface area contributed by atoms with Crippen molar-refractivity contribution >= 4 is 12.0 Å². The molecule has 0 aromatic heterocycles. The Morgan fingerprint density at radius 2 is 2.17 bits per heavy atom. The first-order valence-corrected chi connectivity index (χ1v) is 8.27. The number of likely N-dealkylation sites (tertiary alicyclic amines) is 1. The van der Waals surface area contributed by atoms with Crippen LogP contribution < -0.4 is 14.8 Å². The molecule has 1 fully saturated rings. The highest BCUT2D eigenvalue weighted by Crippen LogP contribution is 2.31. The summed E-state index contributed by atoms with van der Waals surface area (Å²) in [6.45, 7) is 3.81. The molecule has 124 valence electrons. The van der Waals surface area contributed by atoms with E-state index in [1.807, 2.05) is 36.2 Å². The highest BCUT2D eigenvalue weighted by molar-refractivity contribution is 5.92. The van der Waals surface area contributed by atoms with Crippen molar-refractivity contribution in [3.63, 3.8) is 0 Å². The van der Waals surface area contributed by atoms with E-state index in [-0.39, 0.29) is 5.91 Å². The second kappa shape index (κ2) is 7.51. The van der Waals surface area contributed by atoms with Gasteiger partial charge in [-0.15, -0.1) is 0 Å². The molecule has 0 bridgehead atoms. The van der Waals surface area contributed by atoms with Crippen LogP contribution in [0.4, 0.5) is 0 Å². The highest BCUT2D eigenvalue weighted by Gasteiger charge is 2.21. The molecule has 5 nitrogen and oxygen atoms in total. The summed E-state index contributed by atoms with van der Waals surface area (Å²) in [5.74, 6) is 2.16. The fourth-order valence-corrected chi connectivity index (χ4v) is 3.16. The van der Waals surface area contributed by atoms with E-state index >= 15 is 0 Å². The Morgan fingerprint density at radius 3 is 3.00 bits per heavy atom. The van der Waals surface area contributed by atoms with Gasteiger partial charge in [0.05, 0.1) is 0 Å². The molecule has 1 unspecified atom stereocenters. The summed E-state index contributed by atoms with van der Waals surface area (Å²) >= 11 is 0. The van der Waals surface area contributed by atoms with E-state index in [0.717, 1.165) is 43.1 Å². The van der Waals surface area contributed by atoms with Gasteiger partial charge in [0.2, 0.25) is 5.91 Å². The monoisotopic (exact) mass is 316 g/mol. The second-order valence-electron chi connectivity index (χ2n) is 6.09. The zero-order valence-corrected chi connectivity index (χ0v) is 13.6. The van der Waals surface area contributed by atoms with Crippen molar-refractivity contribution in [3.8, 4) is 11.5 Å². The van der Waals surface area contributed by atoms with E-state index < -0.39 is 0 Å². The van der Waals surface area contributed by atoms with Crippen LogP contribution in [-0.2, 0) is 4.79 Å². The van der Waals surface area contributed by atoms with Crippen molar-refractivity contribution in [2.24, 2.45) is 5.92 Å². The second-order valence-corrected chi connectivity index (χ2v) is 6.09. The summed E-state index contributed by atoms with van der Waals surface area (Å²) in [6.07, 6.45) is 5.78. The number of benzene rings is 1. The Labute approximate surface area is 137 Å². The van der Waals surface area contributed by atoms with E-state index in [4.69, 9.17) is 9.47 Å². The normalized spacial score (nSPS) is 20.7. The maximum atomic E-state index is 12.4. The lowest BCUT2D eigenvalue weighted by Crippen LogP contribution is -2.41. The first-order valence-electron chi connectivity index (χ1n) is 8.27. The number of ether oxygens (including phenoxy) is 2. The number of rotatable bonds is 4. The standard InChI is InChI=1S/C18H24N2O3/c1-19-12-15-3-2-8-20(13-15)18(21)7-5-14-4-6-16-17(11-14)23-10-9-22-16/h4-7,11,15,19H,2-3,8-10,12-13H2,1H3. The number of fused-ring (bicyclic) bond motifs is 1. The minimum atomic E-state index is 0.0840. The Morgan fingerprint density at radius 1 is 1.35 bits per heavy atom. The SMILES string of the molecule is CNCC1CCCN(C(=O)C=Cc2ccc3c(c2)OCCO3)C1. The summed E-state index contributed by atoms with van der Waals surface area (Å²) in [6, 6.07) is 5.75. The quantitative estimate of drug-likeness (QED) is 0.863. The van der Waals surface area contributed by atoms with E-state index in [0.29, 0.717) is 19.1 Å².